The van der Waals surface area contributed by atoms with Gasteiger partial charge in [0.1, 0.15) is 84.4 Å². The maximum absolute atomic E-state index is 12.5. The molecule has 4 aliphatic heterocycles. The first-order valence-corrected chi connectivity index (χ1v) is 55.4. The number of anilines is 1. The summed E-state index contributed by atoms with van der Waals surface area (Å²) in [6.45, 7) is 9.68. The van der Waals surface area contributed by atoms with Crippen LogP contribution in [0.25, 0.3) is 33.4 Å². The van der Waals surface area contributed by atoms with E-state index in [1.165, 1.54) is 91.2 Å². The average Bonchev–Trinajstić information content (AvgIpc) is 1.63. The fourth-order valence-electron chi connectivity index (χ4n) is 12.5. The average molecular weight is 2370 g/mol. The third kappa shape index (κ3) is 45.1. The number of imidazole rings is 1. The van der Waals surface area contributed by atoms with Gasteiger partial charge in [-0.15, -0.1) is 0 Å². The van der Waals surface area contributed by atoms with E-state index in [0.29, 0.717) is 54.1 Å². The summed E-state index contributed by atoms with van der Waals surface area (Å²) < 4.78 is 167. The Morgan fingerprint density at radius 2 is 0.973 bits per heavy atom. The number of aryl methyl sites for hydroxylation is 1. The zero-order valence-electron chi connectivity index (χ0n) is 79.7. The third-order valence-corrected chi connectivity index (χ3v) is 26.5. The number of amides is 1. The Balaban J connectivity index is 0.000000429. The number of thiocarbonyl (C=S) groups is 1. The third-order valence-electron chi connectivity index (χ3n) is 19.3. The van der Waals surface area contributed by atoms with Gasteiger partial charge in [0.2, 0.25) is 12.2 Å². The second-order valence-electron chi connectivity index (χ2n) is 29.9. The van der Waals surface area contributed by atoms with Crippen molar-refractivity contribution in [3.8, 4) is 28.2 Å². The van der Waals surface area contributed by atoms with Gasteiger partial charge >= 0.3 is 60.7 Å². The molecule has 0 radical (unpaired) electrons. The number of aliphatic hydroxyl groups is 7. The van der Waals surface area contributed by atoms with Gasteiger partial charge in [-0.05, 0) is 75.0 Å². The molecule has 0 bridgehead atoms. The summed E-state index contributed by atoms with van der Waals surface area (Å²) >= 11 is 2.78. The van der Waals surface area contributed by atoms with Crippen LogP contribution in [0, 0.1) is 0 Å². The molecule has 61 nitrogen and oxygen atoms in total. The van der Waals surface area contributed by atoms with E-state index in [9.17, 15) is 149 Å². The van der Waals surface area contributed by atoms with E-state index in [4.69, 9.17) is 71.5 Å². The molecule has 1 aliphatic carbocycles. The number of ether oxygens (including phenoxy) is 7. The molecular weight excluding hydrogens is 2250 g/mol. The van der Waals surface area contributed by atoms with Crippen molar-refractivity contribution in [2.75, 3.05) is 155 Å². The van der Waals surface area contributed by atoms with Crippen molar-refractivity contribution in [1.82, 2.24) is 43.6 Å². The molecule has 3 saturated heterocycles. The quantitative estimate of drug-likeness (QED) is 0.00320. The van der Waals surface area contributed by atoms with Crippen LogP contribution in [0.4, 0.5) is 8.55 Å². The Morgan fingerprint density at radius 3 is 1.36 bits per heavy atom. The molecule has 836 valence electrons. The molecule has 4 aromatic heterocycles. The normalized spacial score (nSPS) is 21.0. The van der Waals surface area contributed by atoms with Crippen LogP contribution in [0.2, 0.25) is 0 Å². The number of nitrogens with two attached hydrogens (primary N) is 2. The van der Waals surface area contributed by atoms with Crippen molar-refractivity contribution < 1.29 is 203 Å². The molecule has 0 spiro atoms. The standard InChI is InChI=1S/C34H34N4O18P2S.C13H17N4O8P.C13H23N3O13P2.C6H14NO6P.C6H15N.C4H11NO2.CH4FI.CH4/c39-18-2-5-21-24(14-18)54-25-15-19(40)3-6-22(25)28(21)20-4-1-17(13-23(20)32(44)45)36-33(59)35-8-10-51-11-12-52-57(47,48)56-58(49,50)53-16-26-29(42)30(43)31(55-26)38-9-7-27(41)37-34(38)46;1-15-4-5-16(7-15)26(22,23)24-6-8-10(19)11(20)12(25-8)17-3-2-9(18)14-13(17)21;14-2-4-25-5-6-26-30(21,22)29-31(23,24)27-7-8-10(18)11(19)12(28-8)16-3-1-9(17)15-13(16)20;1-6(8)7-2-3-12-4-5-13-14(9,10)11;1-4-7(5-2)6-3;5-1-3-7-4-2-6;1-3-2;/h1-7,9,13-15,26,29-31,39,42-43H,8,10-12,16H2,(H,44,45)(H,47,48)(H,49,50)(H2,35,36,59)(H,37,41,46);2-5,7-8,10-12,19-20H,6H2,1H3,(H-,14,18,21,22,23);1,3,8,10-12,18-19H,2,4-7,14H2,(H,21,22)(H,23,24)(H,15,17,20);2-5H2,1H3,(H,7,8)(H2,9,10,11);4-6H2,1-3H3;6H,1-5H2;3H,1H3;1H4/p-5/i;;;;;;3T;. The summed E-state index contributed by atoms with van der Waals surface area (Å²) in [6, 6.07) is 15.9. The van der Waals surface area contributed by atoms with Gasteiger partial charge < -0.3 is 182 Å². The number of aromatic amines is 3. The number of phenolic OH excluding ortho intramolecular Hbond substituents is 1. The molecule has 70 heteroatoms. The summed E-state index contributed by atoms with van der Waals surface area (Å²) in [5, 5.41) is 97.7. The number of nitrogens with one attached hydrogen (secondary N) is 7. The molecule has 3 fully saturated rings. The van der Waals surface area contributed by atoms with Gasteiger partial charge in [-0.25, -0.2) is 32.4 Å². The predicted molar refractivity (Wildman–Crippen MR) is 513 cm³/mol. The second kappa shape index (κ2) is 64.5. The van der Waals surface area contributed by atoms with E-state index in [1.807, 2.05) is 15.0 Å². The van der Waals surface area contributed by atoms with E-state index >= 15 is 0 Å². The monoisotopic (exact) mass is 2370 g/mol. The zero-order valence-corrected chi connectivity index (χ0v) is 87.0. The number of quaternary nitrogens is 1. The number of rotatable bonds is 47. The number of carboxylic acids is 1. The number of H-pyrrole nitrogens is 3. The summed E-state index contributed by atoms with van der Waals surface area (Å²) in [4.78, 5) is 192. The van der Waals surface area contributed by atoms with Gasteiger partial charge in [-0.2, -0.15) is 4.34 Å². The Hall–Kier alpha value is -8.43. The molecule has 5 aliphatic rings. The maximum atomic E-state index is 12.5. The number of alkyl halides is 1. The summed E-state index contributed by atoms with van der Waals surface area (Å²) in [6.07, 6.45) is -11.5. The van der Waals surface area contributed by atoms with E-state index < -0.39 is 215 Å². The minimum atomic E-state index is -5.64. The van der Waals surface area contributed by atoms with Crippen molar-refractivity contribution in [2.45, 2.75) is 109 Å². The Bertz CT molecular complexity index is 6250. The molecule has 6 aromatic rings. The number of aromatic nitrogens is 8. The van der Waals surface area contributed by atoms with Gasteiger partial charge in [0, 0.05) is 104 Å². The van der Waals surface area contributed by atoms with Gasteiger partial charge in [0.25, 0.3) is 48.0 Å². The second-order valence-corrected chi connectivity index (χ2v) is 39.8. The number of carboxylic acid groups (broad SMARTS) is 1. The number of aromatic hydroxyl groups is 1. The Labute approximate surface area is 855 Å². The molecule has 148 heavy (non-hydrogen) atoms. The number of halogens is 2. The number of phosphoric acid groups is 5. The van der Waals surface area contributed by atoms with Crippen LogP contribution in [-0.2, 0) is 108 Å². The number of nitrogens with zero attached hydrogens (tertiary/aromatic N) is 5. The molecule has 17 atom stereocenters. The zero-order chi connectivity index (χ0) is 111. The number of carbonyl (C=O) groups is 2. The van der Waals surface area contributed by atoms with Crippen LogP contribution in [0.3, 0.4) is 0 Å². The number of aromatic carboxylic acids is 1. The first-order chi connectivity index (χ1) is 69.5. The summed E-state index contributed by atoms with van der Waals surface area (Å²) in [5.74, 6) is -1.35. The van der Waals surface area contributed by atoms with Gasteiger partial charge in [-0.3, -0.25) is 75.5 Å². The van der Waals surface area contributed by atoms with Crippen molar-refractivity contribution in [2.24, 2.45) is 18.5 Å². The van der Waals surface area contributed by atoms with Crippen LogP contribution in [-0.4, -0.2) is 301 Å². The Morgan fingerprint density at radius 1 is 0.561 bits per heavy atom. The minimum absolute atomic E-state index is 0. The molecule has 11 rings (SSSR count). The number of phenols is 1. The van der Waals surface area contributed by atoms with Crippen LogP contribution < -0.4 is 110 Å². The number of aliphatic hydroxyl groups excluding tert-OH is 7. The molecule has 0 saturated carbocycles. The van der Waals surface area contributed by atoms with Crippen LogP contribution in [0.15, 0.2) is 148 Å². The van der Waals surface area contributed by atoms with Crippen molar-refractivity contribution in [3.63, 3.8) is 0 Å². The van der Waals surface area contributed by atoms with Crippen LogP contribution in [0.1, 0.15) is 64.2 Å². The summed E-state index contributed by atoms with van der Waals surface area (Å²) in [5.41, 5.74) is 6.63. The number of carbonyl (C=O) groups excluding carboxylic acids is 1. The van der Waals surface area contributed by atoms with Crippen LogP contribution in [0.5, 0.6) is 5.75 Å². The predicted octanol–water partition coefficient (Wildman–Crippen LogP) is -7.93. The Kier molecular flexibility index (Phi) is 56.7. The van der Waals surface area contributed by atoms with E-state index in [0.717, 1.165) is 54.8 Å². The number of fused-ring (bicyclic) bond motifs is 2. The number of phosphoric ester groups is 5. The molecule has 20 N–H and O–H groups in total. The topological polar surface area (TPSA) is 915 Å². The fraction of sp³-hybridized carbons (Fsp3) is 0.526. The van der Waals surface area contributed by atoms with Crippen LogP contribution >= 0.6 is 80.7 Å². The number of benzene rings is 3. The van der Waals surface area contributed by atoms with Crippen molar-refractivity contribution in [3.05, 3.63) is 188 Å². The van der Waals surface area contributed by atoms with Gasteiger partial charge in [0.05, 0.1) is 139 Å². The summed E-state index contributed by atoms with van der Waals surface area (Å²) in [7, 11) is -29.7. The van der Waals surface area contributed by atoms with E-state index in [-0.39, 0.29) is 112 Å². The molecule has 2 aromatic carbocycles. The van der Waals surface area contributed by atoms with Gasteiger partial charge in [-0.1, -0.05) is 13.5 Å². The van der Waals surface area contributed by atoms with Crippen molar-refractivity contribution in [1.29, 1.82) is 0.594 Å². The first kappa shape index (κ1) is 130. The van der Waals surface area contributed by atoms with Crippen molar-refractivity contribution >= 4 is 114 Å². The molecule has 17 unspecified atom stereocenters. The number of hydrogen-bond donors (Lipinski definition) is 18. The van der Waals surface area contributed by atoms with Gasteiger partial charge in [0.15, 0.2) is 29.2 Å². The number of hydrogen-bond acceptors (Lipinski definition) is 49. The molecule has 8 heterocycles. The van der Waals surface area contributed by atoms with E-state index in [1.54, 1.807) is 30.1 Å². The molecule has 1 amide bonds. The first-order valence-electron chi connectivity index (χ1n) is 43.6. The van der Waals surface area contributed by atoms with E-state index in [2.05, 4.69) is 68.0 Å². The SMILES string of the molecule is C.CC(=O)NCCOCCOP(=O)([O-])[O-].CC[NH+](CC)CC.C[n+]1ccn(P(=O)([O-])OCC2OC(n3ccc(=O)[nH]c3=O)C(O)C2O)c1.NCCOCCO.NCCOCCOP(=O)([O-])OP(=O)([O-])OCC1OC(n2ccc(=O)[nH]c2=O)C(O)C1O.O=C(O)c1cc(NC(=S)NCCOCCOP(=O)([O-])OP(=O)([O-])OCC2OC(n3ccc(=O)[nH]c3=O)C(O)C2O)ccc1-c1c2ccc(=O)cc-2oc2cc(O)ccc12.[3H]I(C)F. The molecular formula is C78H117FIN14O47P6S-5. The fourth-order valence-corrected chi connectivity index (χ4v) is 18.0.